The lowest BCUT2D eigenvalue weighted by Crippen LogP contribution is -2.52. The second-order valence-electron chi connectivity index (χ2n) is 7.55. The number of carbonyl (C=O) groups is 3. The molecule has 1 aromatic rings. The first-order chi connectivity index (χ1) is 14.9. The largest absolute Gasteiger partial charge is 0.496 e. The predicted molar refractivity (Wildman–Crippen MR) is 114 cm³/mol. The summed E-state index contributed by atoms with van der Waals surface area (Å²) in [7, 11) is 3.20. The molecule has 168 valence electrons. The van der Waals surface area contributed by atoms with Crippen LogP contribution in [0, 0.1) is 0 Å². The minimum atomic E-state index is -0.688. The third-order valence-electron chi connectivity index (χ3n) is 5.71. The van der Waals surface area contributed by atoms with Crippen LogP contribution in [0.4, 0.5) is 4.79 Å². The molecule has 0 saturated carbocycles. The lowest BCUT2D eigenvalue weighted by molar-refractivity contribution is -0.139. The highest BCUT2D eigenvalue weighted by Crippen LogP contribution is 2.35. The molecular weight excluding hydrogens is 400 g/mol. The minimum Gasteiger partial charge on any atom is -0.496 e. The fourth-order valence-electron chi connectivity index (χ4n) is 3.97. The molecule has 2 aliphatic heterocycles. The van der Waals surface area contributed by atoms with Gasteiger partial charge in [0.2, 0.25) is 5.91 Å². The Hall–Kier alpha value is -3.07. The molecule has 3 amide bonds. The maximum Gasteiger partial charge on any atom is 0.338 e. The summed E-state index contributed by atoms with van der Waals surface area (Å²) in [4.78, 5) is 42.9. The topological polar surface area (TPSA) is 91.4 Å². The monoisotopic (exact) mass is 430 g/mol. The van der Waals surface area contributed by atoms with Crippen molar-refractivity contribution in [2.75, 3.05) is 53.5 Å². The van der Waals surface area contributed by atoms with Crippen molar-refractivity contribution < 1.29 is 23.9 Å². The smallest absolute Gasteiger partial charge is 0.338 e. The molecule has 1 atom stereocenters. The van der Waals surface area contributed by atoms with Crippen LogP contribution in [0.5, 0.6) is 5.75 Å². The number of methoxy groups -OCH3 is 1. The van der Waals surface area contributed by atoms with Gasteiger partial charge in [0.1, 0.15) is 5.75 Å². The molecule has 0 spiro atoms. The van der Waals surface area contributed by atoms with Crippen LogP contribution in [-0.4, -0.2) is 86.1 Å². The van der Waals surface area contributed by atoms with E-state index in [1.165, 1.54) is 4.90 Å². The third kappa shape index (κ3) is 4.82. The molecule has 1 fully saturated rings. The standard InChI is InChI=1S/C22H30N4O5/c1-5-31-21(28)19-17(14-25-10-12-26(13-11-25)15(2)27)24(3)22(29)23-20(19)16-8-6-7-9-18(16)30-4/h6-9,20H,5,10-14H2,1-4H3,(H,23,29)/t20-/m1/s1. The first kappa shape index (κ1) is 22.6. The van der Waals surface area contributed by atoms with E-state index in [-0.39, 0.29) is 18.5 Å². The third-order valence-corrected chi connectivity index (χ3v) is 5.71. The molecule has 9 nitrogen and oxygen atoms in total. The Bertz CT molecular complexity index is 876. The number of hydrogen-bond acceptors (Lipinski definition) is 6. The summed E-state index contributed by atoms with van der Waals surface area (Å²) in [6.07, 6.45) is 0. The number of likely N-dealkylation sites (N-methyl/N-ethyl adjacent to an activating group) is 1. The van der Waals surface area contributed by atoms with Crippen molar-refractivity contribution in [3.63, 3.8) is 0 Å². The number of carbonyl (C=O) groups excluding carboxylic acids is 3. The molecular formula is C22H30N4O5. The van der Waals surface area contributed by atoms with Gasteiger partial charge in [-0.3, -0.25) is 14.6 Å². The van der Waals surface area contributed by atoms with Gasteiger partial charge in [-0.1, -0.05) is 18.2 Å². The van der Waals surface area contributed by atoms with Gasteiger partial charge in [-0.15, -0.1) is 0 Å². The minimum absolute atomic E-state index is 0.0523. The van der Waals surface area contributed by atoms with Gasteiger partial charge in [0.25, 0.3) is 0 Å². The summed E-state index contributed by atoms with van der Waals surface area (Å²) in [5.74, 6) is 0.160. The van der Waals surface area contributed by atoms with Crippen LogP contribution in [-0.2, 0) is 14.3 Å². The lowest BCUT2D eigenvalue weighted by Gasteiger charge is -2.39. The molecule has 0 radical (unpaired) electrons. The first-order valence-electron chi connectivity index (χ1n) is 10.4. The molecule has 3 rings (SSSR count). The van der Waals surface area contributed by atoms with Crippen LogP contribution in [0.2, 0.25) is 0 Å². The lowest BCUT2D eigenvalue weighted by atomic mass is 9.93. The van der Waals surface area contributed by atoms with E-state index in [0.717, 1.165) is 0 Å². The summed E-state index contributed by atoms with van der Waals surface area (Å²) in [6, 6.07) is 6.31. The van der Waals surface area contributed by atoms with Crippen LogP contribution in [0.3, 0.4) is 0 Å². The van der Waals surface area contributed by atoms with Gasteiger partial charge >= 0.3 is 12.0 Å². The fraction of sp³-hybridized carbons (Fsp3) is 0.500. The number of ether oxygens (including phenoxy) is 2. The molecule has 31 heavy (non-hydrogen) atoms. The Labute approximate surface area is 182 Å². The molecule has 1 saturated heterocycles. The number of nitrogens with zero attached hydrogens (tertiary/aromatic N) is 3. The van der Waals surface area contributed by atoms with Gasteiger partial charge in [0.05, 0.1) is 25.3 Å². The number of rotatable bonds is 6. The predicted octanol–water partition coefficient (Wildman–Crippen LogP) is 1.37. The van der Waals surface area contributed by atoms with Gasteiger partial charge in [-0.05, 0) is 13.0 Å². The highest BCUT2D eigenvalue weighted by molar-refractivity contribution is 5.95. The van der Waals surface area contributed by atoms with Gasteiger partial charge in [0, 0.05) is 58.0 Å². The molecule has 1 N–H and O–H groups in total. The van der Waals surface area contributed by atoms with Crippen molar-refractivity contribution in [2.45, 2.75) is 19.9 Å². The van der Waals surface area contributed by atoms with Crippen molar-refractivity contribution in [3.05, 3.63) is 41.1 Å². The average molecular weight is 431 g/mol. The molecule has 2 aliphatic rings. The number of esters is 1. The van der Waals surface area contributed by atoms with Crippen LogP contribution in [0.15, 0.2) is 35.5 Å². The summed E-state index contributed by atoms with van der Waals surface area (Å²) >= 11 is 0. The average Bonchev–Trinajstić information content (AvgIpc) is 2.77. The number of amides is 3. The zero-order valence-corrected chi connectivity index (χ0v) is 18.5. The van der Waals surface area contributed by atoms with Gasteiger partial charge in [-0.25, -0.2) is 9.59 Å². The number of urea groups is 1. The number of para-hydroxylation sites is 1. The maximum absolute atomic E-state index is 13.1. The molecule has 0 aromatic heterocycles. The summed E-state index contributed by atoms with van der Waals surface area (Å²) < 4.78 is 10.9. The SMILES string of the molecule is CCOC(=O)C1=C(CN2CCN(C(C)=O)CC2)N(C)C(=O)N[C@@H]1c1ccccc1OC. The highest BCUT2D eigenvalue weighted by atomic mass is 16.5. The van der Waals surface area contributed by atoms with E-state index >= 15 is 0 Å². The van der Waals surface area contributed by atoms with Crippen molar-refractivity contribution in [3.8, 4) is 5.75 Å². The Morgan fingerprint density at radius 2 is 1.84 bits per heavy atom. The normalized spacial score (nSPS) is 19.9. The number of hydrogen-bond donors (Lipinski definition) is 1. The zero-order chi connectivity index (χ0) is 22.5. The Morgan fingerprint density at radius 3 is 2.45 bits per heavy atom. The van der Waals surface area contributed by atoms with Crippen molar-refractivity contribution in [1.29, 1.82) is 0 Å². The maximum atomic E-state index is 13.1. The van der Waals surface area contributed by atoms with Crippen molar-refractivity contribution in [2.24, 2.45) is 0 Å². The number of piperazine rings is 1. The molecule has 2 heterocycles. The van der Waals surface area contributed by atoms with E-state index in [9.17, 15) is 14.4 Å². The van der Waals surface area contributed by atoms with E-state index < -0.39 is 12.0 Å². The Kier molecular flexibility index (Phi) is 7.17. The molecule has 0 aliphatic carbocycles. The van der Waals surface area contributed by atoms with Crippen molar-refractivity contribution in [1.82, 2.24) is 20.0 Å². The van der Waals surface area contributed by atoms with Gasteiger partial charge < -0.3 is 19.7 Å². The van der Waals surface area contributed by atoms with Crippen molar-refractivity contribution >= 4 is 17.9 Å². The first-order valence-corrected chi connectivity index (χ1v) is 10.4. The van der Waals surface area contributed by atoms with Crippen LogP contribution in [0.1, 0.15) is 25.5 Å². The summed E-state index contributed by atoms with van der Waals surface area (Å²) in [6.45, 7) is 6.49. The van der Waals surface area contributed by atoms with E-state index in [2.05, 4.69) is 10.2 Å². The van der Waals surface area contributed by atoms with Gasteiger partial charge in [-0.2, -0.15) is 0 Å². The molecule has 1 aromatic carbocycles. The van der Waals surface area contributed by atoms with E-state index in [1.807, 2.05) is 18.2 Å². The van der Waals surface area contributed by atoms with Crippen LogP contribution < -0.4 is 10.1 Å². The van der Waals surface area contributed by atoms with Gasteiger partial charge in [0.15, 0.2) is 0 Å². The molecule has 9 heteroatoms. The van der Waals surface area contributed by atoms with E-state index in [4.69, 9.17) is 9.47 Å². The second kappa shape index (κ2) is 9.82. The van der Waals surface area contributed by atoms with E-state index in [1.54, 1.807) is 39.0 Å². The second-order valence-corrected chi connectivity index (χ2v) is 7.55. The van der Waals surface area contributed by atoms with Crippen LogP contribution in [0.25, 0.3) is 0 Å². The summed E-state index contributed by atoms with van der Waals surface area (Å²) in [5, 5.41) is 2.91. The fourth-order valence-corrected chi connectivity index (χ4v) is 3.97. The quantitative estimate of drug-likeness (QED) is 0.686. The number of benzene rings is 1. The molecule has 0 unspecified atom stereocenters. The number of nitrogens with one attached hydrogen (secondary N) is 1. The highest BCUT2D eigenvalue weighted by Gasteiger charge is 2.38. The molecule has 0 bridgehead atoms. The summed E-state index contributed by atoms with van der Waals surface area (Å²) in [5.41, 5.74) is 1.67. The Morgan fingerprint density at radius 1 is 1.16 bits per heavy atom. The van der Waals surface area contributed by atoms with Crippen LogP contribution >= 0.6 is 0 Å². The Balaban J connectivity index is 2.00. The zero-order valence-electron chi connectivity index (χ0n) is 18.5. The van der Waals surface area contributed by atoms with E-state index in [0.29, 0.717) is 55.3 Å².